The van der Waals surface area contributed by atoms with Crippen molar-refractivity contribution < 1.29 is 19.1 Å². The first-order chi connectivity index (χ1) is 12.1. The summed E-state index contributed by atoms with van der Waals surface area (Å²) >= 11 is 0. The Hall–Kier alpha value is -3.09. The lowest BCUT2D eigenvalue weighted by Crippen LogP contribution is -2.34. The van der Waals surface area contributed by atoms with E-state index in [0.29, 0.717) is 30.4 Å². The van der Waals surface area contributed by atoms with E-state index in [4.69, 9.17) is 9.47 Å². The van der Waals surface area contributed by atoms with Gasteiger partial charge in [0.2, 0.25) is 0 Å². The maximum absolute atomic E-state index is 12.0. The molecule has 7 nitrogen and oxygen atoms in total. The van der Waals surface area contributed by atoms with Gasteiger partial charge in [-0.15, -0.1) is 0 Å². The van der Waals surface area contributed by atoms with Gasteiger partial charge < -0.3 is 20.1 Å². The number of carbonyl (C=O) groups is 2. The molecule has 0 bridgehead atoms. The molecule has 0 fully saturated rings. The average molecular weight is 343 g/mol. The fourth-order valence-corrected chi connectivity index (χ4v) is 2.08. The third-order valence-electron chi connectivity index (χ3n) is 3.21. The summed E-state index contributed by atoms with van der Waals surface area (Å²) in [4.78, 5) is 27.8. The fraction of sp³-hybridized carbons (Fsp3) is 0.278. The van der Waals surface area contributed by atoms with Crippen LogP contribution in [0.2, 0.25) is 0 Å². The number of anilines is 1. The van der Waals surface area contributed by atoms with Crippen LogP contribution in [0, 0.1) is 0 Å². The highest BCUT2D eigenvalue weighted by Gasteiger charge is 2.15. The molecule has 0 spiro atoms. The van der Waals surface area contributed by atoms with E-state index in [1.165, 1.54) is 0 Å². The molecule has 132 valence electrons. The Bertz CT molecular complexity index is 720. The number of amides is 2. The molecular formula is C18H21N3O4. The Morgan fingerprint density at radius 3 is 2.32 bits per heavy atom. The van der Waals surface area contributed by atoms with Crippen molar-refractivity contribution in [2.24, 2.45) is 0 Å². The molecule has 0 saturated heterocycles. The van der Waals surface area contributed by atoms with Gasteiger partial charge in [-0.1, -0.05) is 0 Å². The number of hydrogen-bond acceptors (Lipinski definition) is 5. The second-order valence-corrected chi connectivity index (χ2v) is 5.02. The van der Waals surface area contributed by atoms with E-state index in [9.17, 15) is 9.59 Å². The predicted molar refractivity (Wildman–Crippen MR) is 93.5 cm³/mol. The summed E-state index contributed by atoms with van der Waals surface area (Å²) in [5.41, 5.74) is 1.31. The van der Waals surface area contributed by atoms with E-state index < -0.39 is 11.8 Å². The number of hydrogen-bond donors (Lipinski definition) is 2. The lowest BCUT2D eigenvalue weighted by atomic mass is 10.2. The van der Waals surface area contributed by atoms with Gasteiger partial charge in [-0.2, -0.15) is 0 Å². The first-order valence-corrected chi connectivity index (χ1v) is 8.01. The second kappa shape index (κ2) is 9.27. The highest BCUT2D eigenvalue weighted by molar-refractivity contribution is 6.39. The largest absolute Gasteiger partial charge is 0.490 e. The minimum atomic E-state index is -0.749. The van der Waals surface area contributed by atoms with Gasteiger partial charge in [0.05, 0.1) is 13.2 Å². The lowest BCUT2D eigenvalue weighted by Gasteiger charge is -2.13. The van der Waals surface area contributed by atoms with Crippen molar-refractivity contribution in [2.45, 2.75) is 20.4 Å². The SMILES string of the molecule is CCOc1ccc(NC(=O)C(=O)NCc2ccncc2)cc1OCC. The molecule has 0 aliphatic heterocycles. The van der Waals surface area contributed by atoms with Gasteiger partial charge in [0.1, 0.15) is 0 Å². The van der Waals surface area contributed by atoms with Crippen LogP contribution >= 0.6 is 0 Å². The second-order valence-electron chi connectivity index (χ2n) is 5.02. The normalized spacial score (nSPS) is 10.0. The average Bonchev–Trinajstić information content (AvgIpc) is 2.63. The van der Waals surface area contributed by atoms with E-state index >= 15 is 0 Å². The van der Waals surface area contributed by atoms with Gasteiger partial charge in [-0.3, -0.25) is 14.6 Å². The summed E-state index contributed by atoms with van der Waals surface area (Å²) in [6, 6.07) is 8.50. The molecule has 2 N–H and O–H groups in total. The first-order valence-electron chi connectivity index (χ1n) is 8.01. The molecule has 7 heteroatoms. The van der Waals surface area contributed by atoms with Gasteiger partial charge in [-0.25, -0.2) is 0 Å². The Balaban J connectivity index is 1.96. The molecular weight excluding hydrogens is 322 g/mol. The van der Waals surface area contributed by atoms with Gasteiger partial charge in [0.25, 0.3) is 0 Å². The van der Waals surface area contributed by atoms with Crippen LogP contribution in [0.1, 0.15) is 19.4 Å². The Labute approximate surface area is 146 Å². The predicted octanol–water partition coefficient (Wildman–Crippen LogP) is 2.13. The van der Waals surface area contributed by atoms with Crippen molar-refractivity contribution in [3.63, 3.8) is 0 Å². The highest BCUT2D eigenvalue weighted by atomic mass is 16.5. The standard InChI is InChI=1S/C18H21N3O4/c1-3-24-15-6-5-14(11-16(15)25-4-2)21-18(23)17(22)20-12-13-7-9-19-10-8-13/h5-11H,3-4,12H2,1-2H3,(H,20,22)(H,21,23). The number of benzene rings is 1. The van der Waals surface area contributed by atoms with Crippen molar-refractivity contribution in [1.82, 2.24) is 10.3 Å². The summed E-state index contributed by atoms with van der Waals surface area (Å²) in [5.74, 6) is -0.367. The molecule has 0 atom stereocenters. The zero-order chi connectivity index (χ0) is 18.1. The summed E-state index contributed by atoms with van der Waals surface area (Å²) < 4.78 is 11.0. The number of nitrogens with zero attached hydrogens (tertiary/aromatic N) is 1. The number of ether oxygens (including phenoxy) is 2. The summed E-state index contributed by atoms with van der Waals surface area (Å²) in [7, 11) is 0. The molecule has 2 rings (SSSR count). The molecule has 0 unspecified atom stereocenters. The monoisotopic (exact) mass is 343 g/mol. The maximum atomic E-state index is 12.0. The van der Waals surface area contributed by atoms with Crippen LogP contribution in [-0.4, -0.2) is 30.0 Å². The van der Waals surface area contributed by atoms with Crippen LogP contribution in [-0.2, 0) is 16.1 Å². The highest BCUT2D eigenvalue weighted by Crippen LogP contribution is 2.30. The number of rotatable bonds is 7. The Morgan fingerprint density at radius 1 is 0.960 bits per heavy atom. The molecule has 0 aliphatic carbocycles. The minimum Gasteiger partial charge on any atom is -0.490 e. The van der Waals surface area contributed by atoms with E-state index in [1.54, 1.807) is 42.7 Å². The van der Waals surface area contributed by atoms with Gasteiger partial charge in [0.15, 0.2) is 11.5 Å². The third kappa shape index (κ3) is 5.49. The van der Waals surface area contributed by atoms with E-state index in [2.05, 4.69) is 15.6 Å². The van der Waals surface area contributed by atoms with Crippen molar-refractivity contribution in [1.29, 1.82) is 0 Å². The number of pyridine rings is 1. The molecule has 1 aromatic heterocycles. The van der Waals surface area contributed by atoms with Crippen LogP contribution in [0.4, 0.5) is 5.69 Å². The maximum Gasteiger partial charge on any atom is 0.313 e. The molecule has 0 saturated carbocycles. The molecule has 2 amide bonds. The van der Waals surface area contributed by atoms with Gasteiger partial charge in [0, 0.05) is 30.7 Å². The van der Waals surface area contributed by atoms with Gasteiger partial charge >= 0.3 is 11.8 Å². The molecule has 25 heavy (non-hydrogen) atoms. The zero-order valence-electron chi connectivity index (χ0n) is 14.2. The molecule has 0 radical (unpaired) electrons. The quantitative estimate of drug-likeness (QED) is 0.752. The summed E-state index contributed by atoms with van der Waals surface area (Å²) in [5, 5.41) is 5.10. The first kappa shape index (κ1) is 18.3. The number of carbonyl (C=O) groups excluding carboxylic acids is 2. The van der Waals surface area contributed by atoms with Crippen LogP contribution < -0.4 is 20.1 Å². The van der Waals surface area contributed by atoms with Crippen LogP contribution in [0.5, 0.6) is 11.5 Å². The fourth-order valence-electron chi connectivity index (χ4n) is 2.08. The minimum absolute atomic E-state index is 0.252. The number of nitrogens with one attached hydrogen (secondary N) is 2. The lowest BCUT2D eigenvalue weighted by molar-refractivity contribution is -0.136. The topological polar surface area (TPSA) is 89.5 Å². The van der Waals surface area contributed by atoms with E-state index in [-0.39, 0.29) is 6.54 Å². The van der Waals surface area contributed by atoms with Gasteiger partial charge in [-0.05, 0) is 43.7 Å². The Morgan fingerprint density at radius 2 is 1.64 bits per heavy atom. The zero-order valence-corrected chi connectivity index (χ0v) is 14.2. The van der Waals surface area contributed by atoms with Crippen LogP contribution in [0.3, 0.4) is 0 Å². The number of aromatic nitrogens is 1. The van der Waals surface area contributed by atoms with Crippen molar-refractivity contribution in [3.8, 4) is 11.5 Å². The molecule has 1 aromatic carbocycles. The van der Waals surface area contributed by atoms with Crippen LogP contribution in [0.15, 0.2) is 42.7 Å². The smallest absolute Gasteiger partial charge is 0.313 e. The van der Waals surface area contributed by atoms with E-state index in [0.717, 1.165) is 5.56 Å². The summed E-state index contributed by atoms with van der Waals surface area (Å²) in [6.45, 7) is 4.95. The molecule has 1 heterocycles. The molecule has 0 aliphatic rings. The van der Waals surface area contributed by atoms with Crippen molar-refractivity contribution in [3.05, 3.63) is 48.3 Å². The van der Waals surface area contributed by atoms with E-state index in [1.807, 2.05) is 13.8 Å². The third-order valence-corrected chi connectivity index (χ3v) is 3.21. The summed E-state index contributed by atoms with van der Waals surface area (Å²) in [6.07, 6.45) is 3.24. The Kier molecular flexibility index (Phi) is 6.76. The van der Waals surface area contributed by atoms with Crippen molar-refractivity contribution in [2.75, 3.05) is 18.5 Å². The van der Waals surface area contributed by atoms with Crippen molar-refractivity contribution >= 4 is 17.5 Å². The van der Waals surface area contributed by atoms with Crippen LogP contribution in [0.25, 0.3) is 0 Å². The molecule has 2 aromatic rings.